The summed E-state index contributed by atoms with van der Waals surface area (Å²) in [7, 11) is -4.64. The molecule has 2 atom stereocenters. The molecule has 0 aromatic heterocycles. The standard InChI is InChI=1S/C27H21F9O5S/c28-18-5-8-20(9-6-18)42(39,40)24(12-22(37)23(38)13-24)16-1-3-17(4-2-16)25(26(31,32)33,27(34,35)36)41-14-15-11-19(29)7-10-21(15)30/h1-11,22-23,37-38H,12-14H2. The highest BCUT2D eigenvalue weighted by atomic mass is 32.2. The van der Waals surface area contributed by atoms with Gasteiger partial charge in [0.2, 0.25) is 0 Å². The molecule has 42 heavy (non-hydrogen) atoms. The Balaban J connectivity index is 1.84. The smallest absolute Gasteiger partial charge is 0.390 e. The van der Waals surface area contributed by atoms with Gasteiger partial charge >= 0.3 is 12.4 Å². The normalized spacial score (nSPS) is 22.0. The van der Waals surface area contributed by atoms with Crippen LogP contribution in [0.4, 0.5) is 39.5 Å². The van der Waals surface area contributed by atoms with Crippen molar-refractivity contribution in [3.8, 4) is 0 Å². The van der Waals surface area contributed by atoms with Crippen LogP contribution in [0.25, 0.3) is 0 Å². The van der Waals surface area contributed by atoms with E-state index in [2.05, 4.69) is 4.74 Å². The third-order valence-electron chi connectivity index (χ3n) is 7.23. The van der Waals surface area contributed by atoms with E-state index in [0.717, 1.165) is 24.3 Å². The van der Waals surface area contributed by atoms with Gasteiger partial charge in [-0.05, 0) is 60.9 Å². The zero-order valence-electron chi connectivity index (χ0n) is 21.1. The van der Waals surface area contributed by atoms with Crippen LogP contribution in [0.5, 0.6) is 0 Å². The topological polar surface area (TPSA) is 83.8 Å². The lowest BCUT2D eigenvalue weighted by Crippen LogP contribution is -2.55. The van der Waals surface area contributed by atoms with Crippen molar-refractivity contribution in [3.63, 3.8) is 0 Å². The molecule has 5 nitrogen and oxygen atoms in total. The predicted molar refractivity (Wildman–Crippen MR) is 128 cm³/mol. The van der Waals surface area contributed by atoms with Crippen molar-refractivity contribution in [1.82, 2.24) is 0 Å². The first-order valence-electron chi connectivity index (χ1n) is 12.0. The first-order valence-corrected chi connectivity index (χ1v) is 13.5. The molecule has 228 valence electrons. The molecule has 1 aliphatic rings. The van der Waals surface area contributed by atoms with E-state index in [-0.39, 0.29) is 5.56 Å². The van der Waals surface area contributed by atoms with Crippen molar-refractivity contribution in [1.29, 1.82) is 0 Å². The molecule has 3 aromatic carbocycles. The van der Waals surface area contributed by atoms with Crippen LogP contribution in [0.15, 0.2) is 71.6 Å². The maximum atomic E-state index is 14.3. The first kappa shape index (κ1) is 31.8. The average Bonchev–Trinajstić information content (AvgIpc) is 3.21. The minimum absolute atomic E-state index is 0.317. The van der Waals surface area contributed by atoms with Crippen molar-refractivity contribution < 1.29 is 62.9 Å². The molecule has 15 heteroatoms. The van der Waals surface area contributed by atoms with Gasteiger partial charge in [-0.15, -0.1) is 0 Å². The highest BCUT2D eigenvalue weighted by Gasteiger charge is 2.73. The molecule has 3 aromatic rings. The zero-order valence-corrected chi connectivity index (χ0v) is 21.9. The van der Waals surface area contributed by atoms with Gasteiger partial charge in [0.15, 0.2) is 9.84 Å². The molecule has 0 heterocycles. The largest absolute Gasteiger partial charge is 0.430 e. The average molecular weight is 629 g/mol. The number of aliphatic hydroxyl groups is 2. The number of benzene rings is 3. The quantitative estimate of drug-likeness (QED) is 0.255. The number of ether oxygens (including phenoxy) is 1. The van der Waals surface area contributed by atoms with Gasteiger partial charge in [-0.3, -0.25) is 0 Å². The number of halogens is 9. The summed E-state index contributed by atoms with van der Waals surface area (Å²) in [6.45, 7) is -1.65. The summed E-state index contributed by atoms with van der Waals surface area (Å²) in [4.78, 5) is -0.477. The Bertz CT molecular complexity index is 1510. The minimum Gasteiger partial charge on any atom is -0.390 e. The zero-order chi connectivity index (χ0) is 31.3. The molecular weight excluding hydrogens is 607 g/mol. The number of hydrogen-bond acceptors (Lipinski definition) is 5. The van der Waals surface area contributed by atoms with Crippen LogP contribution in [0, 0.1) is 17.5 Å². The maximum Gasteiger partial charge on any atom is 0.430 e. The Labute approximate surface area is 233 Å². The van der Waals surface area contributed by atoms with Crippen LogP contribution in [0.3, 0.4) is 0 Å². The van der Waals surface area contributed by atoms with Gasteiger partial charge in [0.25, 0.3) is 5.60 Å². The van der Waals surface area contributed by atoms with Crippen molar-refractivity contribution in [2.24, 2.45) is 0 Å². The molecule has 4 rings (SSSR count). The Morgan fingerprint density at radius 1 is 0.762 bits per heavy atom. The van der Waals surface area contributed by atoms with Gasteiger partial charge in [0, 0.05) is 11.1 Å². The van der Waals surface area contributed by atoms with E-state index in [1.807, 2.05) is 0 Å². The summed E-state index contributed by atoms with van der Waals surface area (Å²) in [6.07, 6.45) is -17.0. The third kappa shape index (κ3) is 5.27. The van der Waals surface area contributed by atoms with Gasteiger partial charge < -0.3 is 14.9 Å². The van der Waals surface area contributed by atoms with Crippen LogP contribution in [0.2, 0.25) is 0 Å². The Morgan fingerprint density at radius 3 is 1.76 bits per heavy atom. The van der Waals surface area contributed by atoms with Crippen molar-refractivity contribution in [3.05, 3.63) is 101 Å². The first-order chi connectivity index (χ1) is 19.4. The fraction of sp³-hybridized carbons (Fsp3) is 0.333. The van der Waals surface area contributed by atoms with Gasteiger partial charge in [-0.1, -0.05) is 24.3 Å². The monoisotopic (exact) mass is 628 g/mol. The second kappa shape index (κ2) is 10.8. The van der Waals surface area contributed by atoms with Crippen LogP contribution >= 0.6 is 0 Å². The Morgan fingerprint density at radius 2 is 1.26 bits per heavy atom. The minimum atomic E-state index is -6.20. The lowest BCUT2D eigenvalue weighted by Gasteiger charge is -2.38. The molecule has 2 unspecified atom stereocenters. The molecule has 1 saturated carbocycles. The van der Waals surface area contributed by atoms with Gasteiger partial charge in [-0.2, -0.15) is 26.3 Å². The van der Waals surface area contributed by atoms with Crippen molar-refractivity contribution in [2.75, 3.05) is 0 Å². The second-order valence-electron chi connectivity index (χ2n) is 9.77. The molecule has 0 amide bonds. The lowest BCUT2D eigenvalue weighted by atomic mass is 9.88. The molecule has 1 aliphatic carbocycles. The van der Waals surface area contributed by atoms with Gasteiger partial charge in [0.05, 0.1) is 23.7 Å². The van der Waals surface area contributed by atoms with E-state index in [1.165, 1.54) is 0 Å². The lowest BCUT2D eigenvalue weighted by molar-refractivity contribution is -0.392. The SMILES string of the molecule is O=S(=O)(c1ccc(F)cc1)C1(c2ccc(C(OCc3cc(F)ccc3F)(C(F)(F)F)C(F)(F)F)cc2)CC(O)C(O)C1. The van der Waals surface area contributed by atoms with E-state index >= 15 is 0 Å². The van der Waals surface area contributed by atoms with Gasteiger partial charge in [0.1, 0.15) is 22.2 Å². The Kier molecular flexibility index (Phi) is 8.21. The highest BCUT2D eigenvalue weighted by molar-refractivity contribution is 7.92. The molecule has 0 bridgehead atoms. The molecular formula is C27H21F9O5S. The van der Waals surface area contributed by atoms with Crippen LogP contribution in [-0.4, -0.2) is 43.2 Å². The number of hydrogen-bond donors (Lipinski definition) is 2. The summed E-state index contributed by atoms with van der Waals surface area (Å²) in [5.74, 6) is -3.26. The summed E-state index contributed by atoms with van der Waals surface area (Å²) in [6, 6.07) is 6.80. The molecule has 0 spiro atoms. The summed E-state index contributed by atoms with van der Waals surface area (Å²) in [5.41, 5.74) is -7.92. The van der Waals surface area contributed by atoms with Crippen LogP contribution < -0.4 is 0 Å². The number of rotatable bonds is 7. The predicted octanol–water partition coefficient (Wildman–Crippen LogP) is 5.83. The van der Waals surface area contributed by atoms with Crippen molar-refractivity contribution >= 4 is 9.84 Å². The number of sulfone groups is 1. The third-order valence-corrected chi connectivity index (χ3v) is 9.72. The molecule has 2 N–H and O–H groups in total. The van der Waals surface area contributed by atoms with E-state index in [0.29, 0.717) is 42.5 Å². The van der Waals surface area contributed by atoms with E-state index < -0.39 is 97.7 Å². The maximum absolute atomic E-state index is 14.3. The summed E-state index contributed by atoms with van der Waals surface area (Å²) < 4.78 is 156. The van der Waals surface area contributed by atoms with Crippen LogP contribution in [-0.2, 0) is 31.5 Å². The van der Waals surface area contributed by atoms with E-state index in [9.17, 15) is 58.1 Å². The fourth-order valence-corrected chi connectivity index (χ4v) is 7.24. The second-order valence-corrected chi connectivity index (χ2v) is 12.0. The van der Waals surface area contributed by atoms with Crippen LogP contribution in [0.1, 0.15) is 29.5 Å². The summed E-state index contributed by atoms with van der Waals surface area (Å²) in [5, 5.41) is 20.4. The molecule has 0 aliphatic heterocycles. The molecule has 0 radical (unpaired) electrons. The summed E-state index contributed by atoms with van der Waals surface area (Å²) >= 11 is 0. The fourth-order valence-electron chi connectivity index (χ4n) is 5.06. The number of aliphatic hydroxyl groups excluding tert-OH is 2. The molecule has 1 fully saturated rings. The highest BCUT2D eigenvalue weighted by Crippen LogP contribution is 2.54. The Hall–Kier alpha value is -3.14. The van der Waals surface area contributed by atoms with Crippen molar-refractivity contribution in [2.45, 2.75) is 59.3 Å². The number of alkyl halides is 6. The van der Waals surface area contributed by atoms with Gasteiger partial charge in [-0.25, -0.2) is 21.6 Å². The van der Waals surface area contributed by atoms with E-state index in [4.69, 9.17) is 0 Å². The van der Waals surface area contributed by atoms with E-state index in [1.54, 1.807) is 0 Å². The molecule has 0 saturated heterocycles.